The molecule has 2 aromatic carbocycles. The van der Waals surface area contributed by atoms with Gasteiger partial charge in [-0.3, -0.25) is 9.59 Å². The van der Waals surface area contributed by atoms with E-state index in [1.165, 1.54) is 28.3 Å². The highest BCUT2D eigenvalue weighted by Crippen LogP contribution is 2.36. The van der Waals surface area contributed by atoms with Crippen molar-refractivity contribution in [1.29, 1.82) is 0 Å². The van der Waals surface area contributed by atoms with Crippen molar-refractivity contribution in [2.24, 2.45) is 0 Å². The third-order valence-electron chi connectivity index (χ3n) is 4.97. The number of halogens is 1. The van der Waals surface area contributed by atoms with Gasteiger partial charge in [-0.2, -0.15) is 5.10 Å². The highest BCUT2D eigenvalue weighted by molar-refractivity contribution is 7.15. The molecule has 34 heavy (non-hydrogen) atoms. The van der Waals surface area contributed by atoms with Crippen LogP contribution in [0.5, 0.6) is 0 Å². The van der Waals surface area contributed by atoms with Crippen LogP contribution in [-0.4, -0.2) is 28.3 Å². The van der Waals surface area contributed by atoms with E-state index >= 15 is 0 Å². The molecule has 172 valence electrons. The first-order chi connectivity index (χ1) is 16.4. The Morgan fingerprint density at radius 2 is 1.79 bits per heavy atom. The average molecular weight is 494 g/mol. The first-order valence-electron chi connectivity index (χ1n) is 10.4. The summed E-state index contributed by atoms with van der Waals surface area (Å²) in [5.41, 5.74) is 2.54. The number of aromatic nitrogens is 2. The number of ether oxygens (including phenoxy) is 1. The van der Waals surface area contributed by atoms with Crippen molar-refractivity contribution < 1.29 is 14.3 Å². The van der Waals surface area contributed by atoms with E-state index in [9.17, 15) is 14.4 Å². The number of benzene rings is 2. The number of aryl methyl sites for hydroxylation is 1. The van der Waals surface area contributed by atoms with Gasteiger partial charge in [-0.25, -0.2) is 9.48 Å². The maximum Gasteiger partial charge on any atom is 0.341 e. The van der Waals surface area contributed by atoms with E-state index in [1.807, 2.05) is 31.2 Å². The summed E-state index contributed by atoms with van der Waals surface area (Å²) in [6.07, 6.45) is 1.47. The Hall–Kier alpha value is -3.75. The highest BCUT2D eigenvalue weighted by atomic mass is 35.5. The van der Waals surface area contributed by atoms with Crippen molar-refractivity contribution in [3.8, 4) is 16.8 Å². The van der Waals surface area contributed by atoms with Crippen LogP contribution >= 0.6 is 22.9 Å². The van der Waals surface area contributed by atoms with E-state index in [0.717, 1.165) is 11.1 Å². The van der Waals surface area contributed by atoms with E-state index in [4.69, 9.17) is 16.3 Å². The van der Waals surface area contributed by atoms with Crippen LogP contribution < -0.4 is 10.7 Å². The zero-order valence-corrected chi connectivity index (χ0v) is 19.9. The fourth-order valence-electron chi connectivity index (χ4n) is 3.27. The van der Waals surface area contributed by atoms with Crippen molar-refractivity contribution >= 4 is 39.8 Å². The Balaban J connectivity index is 1.70. The highest BCUT2D eigenvalue weighted by Gasteiger charge is 2.24. The summed E-state index contributed by atoms with van der Waals surface area (Å²) in [5, 5.41) is 9.48. The normalized spacial score (nSPS) is 10.7. The van der Waals surface area contributed by atoms with Crippen LogP contribution in [0.3, 0.4) is 0 Å². The number of rotatable bonds is 6. The number of nitrogens with zero attached hydrogens (tertiary/aromatic N) is 2. The standard InChI is InChI=1S/C25H20ClN3O4S/c1-3-33-25(32)21-19(16-6-4-15(2)5-7-16)14-34-24(21)27-23(31)22-20(30)12-13-29(28-22)18-10-8-17(26)9-11-18/h4-14H,3H2,1-2H3,(H,27,31). The first kappa shape index (κ1) is 23.4. The number of nitrogens with one attached hydrogen (secondary N) is 1. The molecule has 2 aromatic heterocycles. The van der Waals surface area contributed by atoms with E-state index in [1.54, 1.807) is 36.6 Å². The molecule has 0 saturated heterocycles. The molecular formula is C25H20ClN3O4S. The van der Waals surface area contributed by atoms with Crippen LogP contribution in [0, 0.1) is 6.92 Å². The Kier molecular flexibility index (Phi) is 6.90. The third kappa shape index (κ3) is 4.93. The molecule has 0 unspecified atom stereocenters. The number of esters is 1. The molecule has 0 spiro atoms. The Morgan fingerprint density at radius 3 is 2.47 bits per heavy atom. The number of amides is 1. The molecule has 2 heterocycles. The number of carbonyl (C=O) groups excluding carboxylic acids is 2. The minimum Gasteiger partial charge on any atom is -0.462 e. The van der Waals surface area contributed by atoms with Crippen molar-refractivity contribution in [3.05, 3.63) is 98.2 Å². The average Bonchev–Trinajstić information content (AvgIpc) is 3.24. The summed E-state index contributed by atoms with van der Waals surface area (Å²) in [7, 11) is 0. The second kappa shape index (κ2) is 10.0. The predicted octanol–water partition coefficient (Wildman–Crippen LogP) is 5.35. The van der Waals surface area contributed by atoms with Crippen molar-refractivity contribution in [2.75, 3.05) is 11.9 Å². The van der Waals surface area contributed by atoms with Gasteiger partial charge in [-0.1, -0.05) is 41.4 Å². The van der Waals surface area contributed by atoms with Gasteiger partial charge in [0.2, 0.25) is 5.43 Å². The Labute approximate surface area is 204 Å². The molecule has 9 heteroatoms. The van der Waals surface area contributed by atoms with Crippen LogP contribution in [0.1, 0.15) is 33.3 Å². The van der Waals surface area contributed by atoms with Crippen LogP contribution in [0.2, 0.25) is 5.02 Å². The lowest BCUT2D eigenvalue weighted by Gasteiger charge is -2.10. The largest absolute Gasteiger partial charge is 0.462 e. The molecule has 0 fully saturated rings. The molecule has 0 atom stereocenters. The second-order valence-electron chi connectivity index (χ2n) is 7.34. The summed E-state index contributed by atoms with van der Waals surface area (Å²) in [5.74, 6) is -1.29. The zero-order chi connectivity index (χ0) is 24.2. The SMILES string of the molecule is CCOC(=O)c1c(-c2ccc(C)cc2)csc1NC(=O)c1nn(-c2ccc(Cl)cc2)ccc1=O. The van der Waals surface area contributed by atoms with Gasteiger partial charge in [-0.05, 0) is 43.7 Å². The number of carbonyl (C=O) groups is 2. The van der Waals surface area contributed by atoms with Gasteiger partial charge in [0.05, 0.1) is 12.3 Å². The fourth-order valence-corrected chi connectivity index (χ4v) is 4.34. The van der Waals surface area contributed by atoms with E-state index in [2.05, 4.69) is 10.4 Å². The van der Waals surface area contributed by atoms with Gasteiger partial charge in [0.1, 0.15) is 10.6 Å². The van der Waals surface area contributed by atoms with Crippen LogP contribution in [-0.2, 0) is 4.74 Å². The van der Waals surface area contributed by atoms with Gasteiger partial charge in [0.25, 0.3) is 5.91 Å². The molecule has 0 aliphatic rings. The van der Waals surface area contributed by atoms with Crippen LogP contribution in [0.15, 0.2) is 71.0 Å². The number of hydrogen-bond donors (Lipinski definition) is 1. The molecule has 0 bridgehead atoms. The molecule has 4 rings (SSSR count). The lowest BCUT2D eigenvalue weighted by molar-refractivity contribution is 0.0529. The molecule has 0 radical (unpaired) electrons. The topological polar surface area (TPSA) is 90.3 Å². The molecule has 1 amide bonds. The Bertz CT molecular complexity index is 1410. The minimum atomic E-state index is -0.726. The summed E-state index contributed by atoms with van der Waals surface area (Å²) >= 11 is 7.11. The lowest BCUT2D eigenvalue weighted by atomic mass is 10.0. The first-order valence-corrected chi connectivity index (χ1v) is 11.7. The van der Waals surface area contributed by atoms with Gasteiger partial charge < -0.3 is 10.1 Å². The molecular weight excluding hydrogens is 474 g/mol. The van der Waals surface area contributed by atoms with Crippen molar-refractivity contribution in [2.45, 2.75) is 13.8 Å². The van der Waals surface area contributed by atoms with E-state index in [-0.39, 0.29) is 22.9 Å². The predicted molar refractivity (Wildman–Crippen MR) is 133 cm³/mol. The lowest BCUT2D eigenvalue weighted by Crippen LogP contribution is -2.25. The van der Waals surface area contributed by atoms with Crippen molar-refractivity contribution in [3.63, 3.8) is 0 Å². The molecule has 0 aliphatic heterocycles. The van der Waals surface area contributed by atoms with Crippen LogP contribution in [0.4, 0.5) is 5.00 Å². The molecule has 1 N–H and O–H groups in total. The monoisotopic (exact) mass is 493 g/mol. The van der Waals surface area contributed by atoms with Gasteiger partial charge >= 0.3 is 5.97 Å². The van der Waals surface area contributed by atoms with Crippen molar-refractivity contribution in [1.82, 2.24) is 9.78 Å². The molecule has 7 nitrogen and oxygen atoms in total. The minimum absolute atomic E-state index is 0.182. The maximum atomic E-state index is 13.0. The molecule has 0 aliphatic carbocycles. The summed E-state index contributed by atoms with van der Waals surface area (Å²) in [6.45, 7) is 3.86. The zero-order valence-electron chi connectivity index (χ0n) is 18.4. The third-order valence-corrected chi connectivity index (χ3v) is 6.12. The van der Waals surface area contributed by atoms with E-state index in [0.29, 0.717) is 16.3 Å². The van der Waals surface area contributed by atoms with Gasteiger partial charge in [0, 0.05) is 28.2 Å². The smallest absolute Gasteiger partial charge is 0.341 e. The number of anilines is 1. The molecule has 4 aromatic rings. The summed E-state index contributed by atoms with van der Waals surface area (Å²) < 4.78 is 6.64. The molecule has 0 saturated carbocycles. The number of thiophene rings is 1. The second-order valence-corrected chi connectivity index (χ2v) is 8.66. The van der Waals surface area contributed by atoms with Gasteiger partial charge in [0.15, 0.2) is 5.69 Å². The van der Waals surface area contributed by atoms with Crippen LogP contribution in [0.25, 0.3) is 16.8 Å². The summed E-state index contributed by atoms with van der Waals surface area (Å²) in [4.78, 5) is 38.2. The van der Waals surface area contributed by atoms with Gasteiger partial charge in [-0.15, -0.1) is 11.3 Å². The Morgan fingerprint density at radius 1 is 1.09 bits per heavy atom. The summed E-state index contributed by atoms with van der Waals surface area (Å²) in [6, 6.07) is 15.7. The maximum absolute atomic E-state index is 13.0. The number of hydrogen-bond acceptors (Lipinski definition) is 6. The fraction of sp³-hybridized carbons (Fsp3) is 0.120. The van der Waals surface area contributed by atoms with E-state index < -0.39 is 17.3 Å². The quantitative estimate of drug-likeness (QED) is 0.365.